The first-order chi connectivity index (χ1) is 8.58. The van der Waals surface area contributed by atoms with Crippen LogP contribution in [0.25, 0.3) is 11.2 Å². The van der Waals surface area contributed by atoms with Gasteiger partial charge in [0.25, 0.3) is 6.35 Å². The number of imidazole rings is 1. The van der Waals surface area contributed by atoms with Gasteiger partial charge in [-0.3, -0.25) is 0 Å². The Balaban J connectivity index is 2.12. The van der Waals surface area contributed by atoms with E-state index in [0.29, 0.717) is 23.5 Å². The molecular weight excluding hydrogens is 257 g/mol. The Morgan fingerprint density at radius 1 is 1.56 bits per heavy atom. The van der Waals surface area contributed by atoms with Crippen molar-refractivity contribution < 1.29 is 14.2 Å². The Morgan fingerprint density at radius 2 is 2.33 bits per heavy atom. The zero-order chi connectivity index (χ0) is 13.1. The van der Waals surface area contributed by atoms with Gasteiger partial charge in [-0.15, -0.1) is 0 Å². The van der Waals surface area contributed by atoms with Crippen LogP contribution in [-0.4, -0.2) is 36.9 Å². The molecule has 0 aliphatic carbocycles. The van der Waals surface area contributed by atoms with Gasteiger partial charge >= 0.3 is 8.03 Å². The largest absolute Gasteiger partial charge is 0.534 e. The average Bonchev–Trinajstić information content (AvgIpc) is 2.72. The van der Waals surface area contributed by atoms with Gasteiger partial charge in [-0.2, -0.15) is 4.89 Å². The van der Waals surface area contributed by atoms with Crippen molar-refractivity contribution in [2.75, 3.05) is 12.1 Å². The zero-order valence-corrected chi connectivity index (χ0v) is 10.6. The second-order valence-corrected chi connectivity index (χ2v) is 4.75. The number of aromatic nitrogens is 4. The van der Waals surface area contributed by atoms with Gasteiger partial charge < -0.3 is 15.0 Å². The Labute approximate surface area is 104 Å². The molecule has 8 nitrogen and oxygen atoms in total. The molecule has 3 N–H and O–H groups in total. The molecule has 0 aromatic carbocycles. The summed E-state index contributed by atoms with van der Waals surface area (Å²) in [6.45, 7) is 2.27. The first-order valence-corrected chi connectivity index (χ1v) is 6.64. The van der Waals surface area contributed by atoms with E-state index in [1.165, 1.54) is 6.33 Å². The van der Waals surface area contributed by atoms with Crippen LogP contribution >= 0.6 is 8.03 Å². The quantitative estimate of drug-likeness (QED) is 0.760. The minimum absolute atomic E-state index is 0.180. The maximum atomic E-state index is 10.5. The summed E-state index contributed by atoms with van der Waals surface area (Å²) in [5, 5.41) is 0. The molecule has 0 aliphatic heterocycles. The topological polar surface area (TPSA) is 116 Å². The molecule has 0 saturated carbocycles. The van der Waals surface area contributed by atoms with Crippen LogP contribution in [0.5, 0.6) is 0 Å². The number of nitrogens with zero attached hydrogens (tertiary/aromatic N) is 4. The molecule has 2 rings (SSSR count). The van der Waals surface area contributed by atoms with Crippen molar-refractivity contribution in [1.29, 1.82) is 0 Å². The highest BCUT2D eigenvalue weighted by molar-refractivity contribution is 7.37. The molecule has 96 valence electrons. The van der Waals surface area contributed by atoms with Crippen molar-refractivity contribution in [3.63, 3.8) is 0 Å². The Morgan fingerprint density at radius 3 is 3.06 bits per heavy atom. The number of fused-ring (bicyclic) bond motifs is 1. The van der Waals surface area contributed by atoms with Gasteiger partial charge in [0.1, 0.15) is 11.8 Å². The number of nitrogens with two attached hydrogens (primary N) is 1. The maximum Gasteiger partial charge on any atom is 0.534 e. The molecule has 9 heteroatoms. The molecule has 0 fully saturated rings. The Hall–Kier alpha value is -1.63. The second kappa shape index (κ2) is 5.34. The van der Waals surface area contributed by atoms with Crippen LogP contribution in [0.1, 0.15) is 6.92 Å². The predicted octanol–water partition coefficient (Wildman–Crippen LogP) is 0.506. The molecule has 2 heterocycles. The molecule has 2 unspecified atom stereocenters. The van der Waals surface area contributed by atoms with Crippen LogP contribution in [0, 0.1) is 0 Å². The number of rotatable bonds is 5. The maximum absolute atomic E-state index is 10.5. The van der Waals surface area contributed by atoms with Crippen LogP contribution in [0.4, 0.5) is 5.82 Å². The summed E-state index contributed by atoms with van der Waals surface area (Å²) < 4.78 is 17.5. The molecule has 0 spiro atoms. The van der Waals surface area contributed by atoms with E-state index >= 15 is 0 Å². The van der Waals surface area contributed by atoms with Crippen molar-refractivity contribution >= 4 is 25.0 Å². The van der Waals surface area contributed by atoms with Crippen molar-refractivity contribution in [1.82, 2.24) is 19.5 Å². The summed E-state index contributed by atoms with van der Waals surface area (Å²) in [6.07, 6.45) is 2.55. The number of ether oxygens (including phenoxy) is 1. The normalized spacial score (nSPS) is 13.8. The van der Waals surface area contributed by atoms with Crippen molar-refractivity contribution in [2.45, 2.75) is 19.6 Å². The van der Waals surface area contributed by atoms with E-state index < -0.39 is 8.03 Å². The molecule has 0 saturated heterocycles. The lowest BCUT2D eigenvalue weighted by molar-refractivity contribution is 0.0847. The first kappa shape index (κ1) is 12.8. The summed E-state index contributed by atoms with van der Waals surface area (Å²) >= 11 is 0. The Bertz CT molecular complexity index is 572. The lowest BCUT2D eigenvalue weighted by Crippen LogP contribution is -2.16. The molecule has 2 aromatic heterocycles. The third kappa shape index (κ3) is 2.79. The molecule has 2 aromatic rings. The monoisotopic (exact) mass is 270 g/mol. The lowest BCUT2D eigenvalue weighted by Gasteiger charge is -2.10. The first-order valence-electron chi connectivity index (χ1n) is 5.24. The fourth-order valence-corrected chi connectivity index (χ4v) is 1.94. The number of hydrogen-bond donors (Lipinski definition) is 2. The van der Waals surface area contributed by atoms with Gasteiger partial charge in [0.05, 0.1) is 19.0 Å². The van der Waals surface area contributed by atoms with E-state index in [1.807, 2.05) is 0 Å². The second-order valence-electron chi connectivity index (χ2n) is 3.79. The van der Waals surface area contributed by atoms with Gasteiger partial charge in [-0.1, -0.05) is 0 Å². The summed E-state index contributed by atoms with van der Waals surface area (Å²) in [6, 6.07) is 0. The van der Waals surface area contributed by atoms with Gasteiger partial charge in [0.2, 0.25) is 0 Å². The van der Waals surface area contributed by atoms with Crippen molar-refractivity contribution in [2.24, 2.45) is 0 Å². The standard InChI is InChI=1S/C9H12N5O3P/c1-6(17-5-18(15)16)2-14-4-13-7-8(10)11-3-12-9(7)14/h3-4,6H,2,5H2,1H3,(H2-,10,11,12,15,16)/p+1. The third-order valence-corrected chi connectivity index (χ3v) is 2.72. The zero-order valence-electron chi connectivity index (χ0n) is 9.72. The summed E-state index contributed by atoms with van der Waals surface area (Å²) in [7, 11) is -2.28. The SMILES string of the molecule is CC(Cn1cnc2c(N)ncnc21)OC[P+](=O)O. The van der Waals surface area contributed by atoms with Crippen LogP contribution < -0.4 is 5.73 Å². The smallest absolute Gasteiger partial charge is 0.382 e. The van der Waals surface area contributed by atoms with Crippen molar-refractivity contribution in [3.8, 4) is 0 Å². The molecular formula is C9H13N5O3P+. The van der Waals surface area contributed by atoms with E-state index in [-0.39, 0.29) is 12.5 Å². The van der Waals surface area contributed by atoms with Gasteiger partial charge in [-0.25, -0.2) is 15.0 Å². The molecule has 0 aliphatic rings. The molecule has 0 bridgehead atoms. The van der Waals surface area contributed by atoms with Crippen LogP contribution in [-0.2, 0) is 15.8 Å². The average molecular weight is 270 g/mol. The molecule has 18 heavy (non-hydrogen) atoms. The van der Waals surface area contributed by atoms with E-state index in [9.17, 15) is 4.57 Å². The van der Waals surface area contributed by atoms with Crippen LogP contribution in [0.2, 0.25) is 0 Å². The third-order valence-electron chi connectivity index (χ3n) is 2.35. The highest BCUT2D eigenvalue weighted by Crippen LogP contribution is 2.17. The minimum Gasteiger partial charge on any atom is -0.382 e. The minimum atomic E-state index is -2.28. The predicted molar refractivity (Wildman–Crippen MR) is 65.0 cm³/mol. The highest BCUT2D eigenvalue weighted by atomic mass is 31.1. The van der Waals surface area contributed by atoms with E-state index in [0.717, 1.165) is 0 Å². The summed E-state index contributed by atoms with van der Waals surface area (Å²) in [5.41, 5.74) is 6.83. The van der Waals surface area contributed by atoms with Crippen LogP contribution in [0.3, 0.4) is 0 Å². The van der Waals surface area contributed by atoms with Crippen molar-refractivity contribution in [3.05, 3.63) is 12.7 Å². The summed E-state index contributed by atoms with van der Waals surface area (Å²) in [4.78, 5) is 20.7. The molecule has 0 radical (unpaired) electrons. The lowest BCUT2D eigenvalue weighted by atomic mass is 10.4. The highest BCUT2D eigenvalue weighted by Gasteiger charge is 2.15. The van der Waals surface area contributed by atoms with E-state index in [2.05, 4.69) is 15.0 Å². The number of hydrogen-bond acceptors (Lipinski definition) is 6. The molecule has 0 amide bonds. The summed E-state index contributed by atoms with van der Waals surface area (Å²) in [5.74, 6) is 0.325. The van der Waals surface area contributed by atoms with E-state index in [1.54, 1.807) is 17.8 Å². The number of nitrogen functional groups attached to an aromatic ring is 1. The fourth-order valence-electron chi connectivity index (χ4n) is 1.55. The fraction of sp³-hybridized carbons (Fsp3) is 0.444. The molecule has 2 atom stereocenters. The van der Waals surface area contributed by atoms with E-state index in [4.69, 9.17) is 15.4 Å². The number of anilines is 1. The van der Waals surface area contributed by atoms with Crippen LogP contribution in [0.15, 0.2) is 12.7 Å². The van der Waals surface area contributed by atoms with Gasteiger partial charge in [-0.05, 0) is 11.5 Å². The van der Waals surface area contributed by atoms with Gasteiger partial charge in [0.15, 0.2) is 11.5 Å². The Kier molecular flexibility index (Phi) is 3.81. The van der Waals surface area contributed by atoms with Gasteiger partial charge in [0, 0.05) is 0 Å².